The van der Waals surface area contributed by atoms with Crippen molar-refractivity contribution in [3.05, 3.63) is 35.4 Å². The third kappa shape index (κ3) is 4.21. The number of hydrogen-bond donors (Lipinski definition) is 2. The first-order valence-electron chi connectivity index (χ1n) is 5.18. The molecule has 0 fully saturated rings. The summed E-state index contributed by atoms with van der Waals surface area (Å²) in [5.41, 5.74) is 7.69. The van der Waals surface area contributed by atoms with Gasteiger partial charge in [0.2, 0.25) is 0 Å². The molecule has 0 saturated carbocycles. The van der Waals surface area contributed by atoms with E-state index in [4.69, 9.17) is 10.8 Å². The van der Waals surface area contributed by atoms with E-state index in [1.165, 1.54) is 5.56 Å². The van der Waals surface area contributed by atoms with E-state index in [0.29, 0.717) is 6.42 Å². The summed E-state index contributed by atoms with van der Waals surface area (Å²) in [5.74, 6) is -1.30. The van der Waals surface area contributed by atoms with E-state index >= 15 is 0 Å². The van der Waals surface area contributed by atoms with Gasteiger partial charge in [0.15, 0.2) is 0 Å². The smallest absolute Gasteiger partial charge is 0.308 e. The molecular weight excluding hydrogens is 226 g/mol. The molecular formula is C12H18ClNO2. The molecule has 0 amide bonds. The molecule has 1 rings (SSSR count). The van der Waals surface area contributed by atoms with Crippen molar-refractivity contribution < 1.29 is 9.90 Å². The molecule has 0 unspecified atom stereocenters. The normalized spacial score (nSPS) is 11.6. The number of carboxylic acids is 1. The van der Waals surface area contributed by atoms with E-state index in [1.807, 2.05) is 24.3 Å². The van der Waals surface area contributed by atoms with Crippen molar-refractivity contribution in [2.45, 2.75) is 19.8 Å². The average Bonchev–Trinajstić information content (AvgIpc) is 2.26. The van der Waals surface area contributed by atoms with E-state index in [-0.39, 0.29) is 19.0 Å². The molecule has 90 valence electrons. The van der Waals surface area contributed by atoms with E-state index in [0.717, 1.165) is 12.0 Å². The fraction of sp³-hybridized carbons (Fsp3) is 0.417. The standard InChI is InChI=1S/C12H17NO2.ClH/c1-2-9-3-5-10(6-4-9)7-11(8-13)12(14)15;/h3-6,11H,2,7-8,13H2,1H3,(H,14,15);1H/t11-;/m0./s1. The van der Waals surface area contributed by atoms with Crippen LogP contribution in [0.1, 0.15) is 18.1 Å². The van der Waals surface area contributed by atoms with Gasteiger partial charge in [0.05, 0.1) is 5.92 Å². The minimum absolute atomic E-state index is 0. The number of carboxylic acid groups (broad SMARTS) is 1. The van der Waals surface area contributed by atoms with E-state index in [9.17, 15) is 4.79 Å². The summed E-state index contributed by atoms with van der Waals surface area (Å²) < 4.78 is 0. The monoisotopic (exact) mass is 243 g/mol. The van der Waals surface area contributed by atoms with Crippen LogP contribution in [0.15, 0.2) is 24.3 Å². The lowest BCUT2D eigenvalue weighted by Gasteiger charge is -2.09. The van der Waals surface area contributed by atoms with Gasteiger partial charge in [-0.2, -0.15) is 0 Å². The fourth-order valence-electron chi connectivity index (χ4n) is 1.47. The quantitative estimate of drug-likeness (QED) is 0.830. The van der Waals surface area contributed by atoms with E-state index in [2.05, 4.69) is 6.92 Å². The molecule has 0 aromatic heterocycles. The van der Waals surface area contributed by atoms with Crippen LogP contribution in [0, 0.1) is 5.92 Å². The Balaban J connectivity index is 0.00000225. The topological polar surface area (TPSA) is 63.3 Å². The third-order valence-corrected chi connectivity index (χ3v) is 2.55. The van der Waals surface area contributed by atoms with Crippen molar-refractivity contribution in [3.8, 4) is 0 Å². The Morgan fingerprint density at radius 1 is 1.31 bits per heavy atom. The molecule has 1 atom stereocenters. The van der Waals surface area contributed by atoms with Gasteiger partial charge < -0.3 is 10.8 Å². The van der Waals surface area contributed by atoms with Crippen LogP contribution in [0.2, 0.25) is 0 Å². The Morgan fingerprint density at radius 3 is 2.19 bits per heavy atom. The number of aryl methyl sites for hydroxylation is 1. The highest BCUT2D eigenvalue weighted by Gasteiger charge is 2.15. The zero-order valence-electron chi connectivity index (χ0n) is 9.35. The average molecular weight is 244 g/mol. The van der Waals surface area contributed by atoms with Gasteiger partial charge in [0.1, 0.15) is 0 Å². The maximum atomic E-state index is 10.8. The zero-order chi connectivity index (χ0) is 11.3. The number of rotatable bonds is 5. The predicted molar refractivity (Wildman–Crippen MR) is 67.0 cm³/mol. The lowest BCUT2D eigenvalue weighted by Crippen LogP contribution is -2.25. The lowest BCUT2D eigenvalue weighted by atomic mass is 9.98. The number of halogens is 1. The van der Waals surface area contributed by atoms with Crippen molar-refractivity contribution in [1.82, 2.24) is 0 Å². The molecule has 0 bridgehead atoms. The third-order valence-electron chi connectivity index (χ3n) is 2.55. The van der Waals surface area contributed by atoms with Crippen LogP contribution in [-0.2, 0) is 17.6 Å². The summed E-state index contributed by atoms with van der Waals surface area (Å²) >= 11 is 0. The Morgan fingerprint density at radius 2 is 1.81 bits per heavy atom. The molecule has 16 heavy (non-hydrogen) atoms. The molecule has 3 nitrogen and oxygen atoms in total. The molecule has 1 aromatic carbocycles. The second-order valence-electron chi connectivity index (χ2n) is 3.65. The highest BCUT2D eigenvalue weighted by Crippen LogP contribution is 2.10. The summed E-state index contributed by atoms with van der Waals surface area (Å²) in [5, 5.41) is 8.86. The maximum absolute atomic E-state index is 10.8. The van der Waals surface area contributed by atoms with Crippen LogP contribution >= 0.6 is 12.4 Å². The molecule has 0 heterocycles. The van der Waals surface area contributed by atoms with Crippen LogP contribution in [0.4, 0.5) is 0 Å². The first kappa shape index (κ1) is 14.9. The molecule has 1 aromatic rings. The van der Waals surface area contributed by atoms with Gasteiger partial charge in [-0.3, -0.25) is 4.79 Å². The highest BCUT2D eigenvalue weighted by molar-refractivity contribution is 5.85. The van der Waals surface area contributed by atoms with Gasteiger partial charge in [0, 0.05) is 6.54 Å². The van der Waals surface area contributed by atoms with Crippen molar-refractivity contribution in [3.63, 3.8) is 0 Å². The van der Waals surface area contributed by atoms with Crippen LogP contribution in [-0.4, -0.2) is 17.6 Å². The molecule has 0 saturated heterocycles. The summed E-state index contributed by atoms with van der Waals surface area (Å²) in [4.78, 5) is 10.8. The summed E-state index contributed by atoms with van der Waals surface area (Å²) in [6.45, 7) is 2.28. The van der Waals surface area contributed by atoms with E-state index < -0.39 is 11.9 Å². The second-order valence-corrected chi connectivity index (χ2v) is 3.65. The molecule has 3 N–H and O–H groups in total. The van der Waals surface area contributed by atoms with Crippen molar-refractivity contribution in [2.75, 3.05) is 6.54 Å². The fourth-order valence-corrected chi connectivity index (χ4v) is 1.47. The lowest BCUT2D eigenvalue weighted by molar-refractivity contribution is -0.141. The number of benzene rings is 1. The minimum atomic E-state index is -0.822. The molecule has 0 aliphatic heterocycles. The van der Waals surface area contributed by atoms with Crippen molar-refractivity contribution in [2.24, 2.45) is 11.7 Å². The molecule has 0 aliphatic carbocycles. The summed E-state index contributed by atoms with van der Waals surface area (Å²) in [6, 6.07) is 8.02. The van der Waals surface area contributed by atoms with Crippen LogP contribution in [0.3, 0.4) is 0 Å². The number of aliphatic carboxylic acids is 1. The summed E-state index contributed by atoms with van der Waals surface area (Å²) in [6.07, 6.45) is 1.51. The molecule has 0 spiro atoms. The van der Waals surface area contributed by atoms with Crippen LogP contribution < -0.4 is 5.73 Å². The van der Waals surface area contributed by atoms with Crippen LogP contribution in [0.5, 0.6) is 0 Å². The van der Waals surface area contributed by atoms with E-state index in [1.54, 1.807) is 0 Å². The van der Waals surface area contributed by atoms with Gasteiger partial charge in [-0.25, -0.2) is 0 Å². The molecule has 0 aliphatic rings. The maximum Gasteiger partial charge on any atom is 0.308 e. The number of nitrogens with two attached hydrogens (primary N) is 1. The second kappa shape index (κ2) is 7.25. The number of carbonyl (C=O) groups is 1. The largest absolute Gasteiger partial charge is 0.481 e. The summed E-state index contributed by atoms with van der Waals surface area (Å²) in [7, 11) is 0. The Hall–Kier alpha value is -1.06. The molecule has 4 heteroatoms. The van der Waals surface area contributed by atoms with Crippen molar-refractivity contribution >= 4 is 18.4 Å². The predicted octanol–water partition coefficient (Wildman–Crippen LogP) is 1.87. The number of hydrogen-bond acceptors (Lipinski definition) is 2. The van der Waals surface area contributed by atoms with Gasteiger partial charge >= 0.3 is 5.97 Å². The Bertz CT molecular complexity index is 324. The van der Waals surface area contributed by atoms with Gasteiger partial charge in [0.25, 0.3) is 0 Å². The van der Waals surface area contributed by atoms with Gasteiger partial charge in [-0.15, -0.1) is 12.4 Å². The first-order chi connectivity index (χ1) is 7.17. The van der Waals surface area contributed by atoms with Gasteiger partial charge in [-0.1, -0.05) is 31.2 Å². The first-order valence-corrected chi connectivity index (χ1v) is 5.18. The zero-order valence-corrected chi connectivity index (χ0v) is 10.2. The Labute approximate surface area is 102 Å². The SMILES string of the molecule is CCc1ccc(C[C@@H](CN)C(=O)O)cc1.Cl. The Kier molecular flexibility index (Phi) is 6.77. The highest BCUT2D eigenvalue weighted by atomic mass is 35.5. The van der Waals surface area contributed by atoms with Crippen LogP contribution in [0.25, 0.3) is 0 Å². The van der Waals surface area contributed by atoms with Crippen molar-refractivity contribution in [1.29, 1.82) is 0 Å². The van der Waals surface area contributed by atoms with Gasteiger partial charge in [-0.05, 0) is 24.0 Å². The minimum Gasteiger partial charge on any atom is -0.481 e. The molecule has 0 radical (unpaired) electrons.